The van der Waals surface area contributed by atoms with Crippen molar-refractivity contribution in [2.45, 2.75) is 38.3 Å². The van der Waals surface area contributed by atoms with Crippen LogP contribution in [0.15, 0.2) is 6.20 Å². The second kappa shape index (κ2) is 4.68. The molecule has 0 saturated heterocycles. The molecule has 0 aliphatic heterocycles. The minimum absolute atomic E-state index is 0.0101. The molecule has 0 spiro atoms. The minimum Gasteiger partial charge on any atom is -0.476 e. The van der Waals surface area contributed by atoms with Crippen LogP contribution < -0.4 is 5.32 Å². The van der Waals surface area contributed by atoms with E-state index in [0.29, 0.717) is 12.6 Å². The predicted molar refractivity (Wildman–Crippen MR) is 64.2 cm³/mol. The van der Waals surface area contributed by atoms with Crippen molar-refractivity contribution >= 4 is 5.97 Å². The predicted octanol–water partition coefficient (Wildman–Crippen LogP) is 0.754. The van der Waals surface area contributed by atoms with Gasteiger partial charge in [0.25, 0.3) is 0 Å². The van der Waals surface area contributed by atoms with Gasteiger partial charge in [0.15, 0.2) is 5.69 Å². The number of nitrogens with one attached hydrogen (secondary N) is 1. The van der Waals surface area contributed by atoms with Crippen LogP contribution in [0.3, 0.4) is 0 Å². The van der Waals surface area contributed by atoms with Crippen LogP contribution >= 0.6 is 0 Å². The smallest absolute Gasteiger partial charge is 0.358 e. The third-order valence-electron chi connectivity index (χ3n) is 3.74. The first-order chi connectivity index (χ1) is 8.74. The standard InChI is InChI=1S/C12H18N4O2/c17-12(18)10-7-16(15-14-10)6-5-13-11(8-1-2-8)9-3-4-9/h7-9,11,13H,1-6H2,(H,17,18). The summed E-state index contributed by atoms with van der Waals surface area (Å²) in [4.78, 5) is 10.7. The highest BCUT2D eigenvalue weighted by atomic mass is 16.4. The van der Waals surface area contributed by atoms with Crippen molar-refractivity contribution in [1.29, 1.82) is 0 Å². The number of rotatable bonds is 7. The van der Waals surface area contributed by atoms with Gasteiger partial charge in [-0.2, -0.15) is 0 Å². The highest BCUT2D eigenvalue weighted by molar-refractivity contribution is 5.84. The molecule has 2 saturated carbocycles. The summed E-state index contributed by atoms with van der Waals surface area (Å²) in [6.07, 6.45) is 6.93. The van der Waals surface area contributed by atoms with Crippen LogP contribution in [0.5, 0.6) is 0 Å². The average Bonchev–Trinajstić information content (AvgIpc) is 3.25. The van der Waals surface area contributed by atoms with Gasteiger partial charge >= 0.3 is 5.97 Å². The van der Waals surface area contributed by atoms with E-state index in [4.69, 9.17) is 5.11 Å². The number of aromatic nitrogens is 3. The summed E-state index contributed by atoms with van der Waals surface area (Å²) in [6.45, 7) is 1.51. The summed E-state index contributed by atoms with van der Waals surface area (Å²) in [5, 5.41) is 19.7. The van der Waals surface area contributed by atoms with Crippen molar-refractivity contribution in [2.24, 2.45) is 11.8 Å². The lowest BCUT2D eigenvalue weighted by Gasteiger charge is -2.17. The molecule has 2 fully saturated rings. The van der Waals surface area contributed by atoms with Gasteiger partial charge in [-0.05, 0) is 37.5 Å². The molecule has 0 aromatic carbocycles. The molecule has 6 nitrogen and oxygen atoms in total. The van der Waals surface area contributed by atoms with E-state index in [0.717, 1.165) is 18.4 Å². The van der Waals surface area contributed by atoms with Gasteiger partial charge in [-0.15, -0.1) is 5.10 Å². The summed E-state index contributed by atoms with van der Waals surface area (Å²) < 4.78 is 1.59. The molecule has 98 valence electrons. The van der Waals surface area contributed by atoms with Gasteiger partial charge in [0.05, 0.1) is 12.7 Å². The fraction of sp³-hybridized carbons (Fsp3) is 0.750. The van der Waals surface area contributed by atoms with E-state index in [1.54, 1.807) is 4.68 Å². The number of carboxylic acids is 1. The zero-order valence-electron chi connectivity index (χ0n) is 10.2. The molecule has 0 unspecified atom stereocenters. The zero-order valence-corrected chi connectivity index (χ0v) is 10.2. The molecular weight excluding hydrogens is 232 g/mol. The molecule has 1 heterocycles. The van der Waals surface area contributed by atoms with E-state index in [9.17, 15) is 4.79 Å². The van der Waals surface area contributed by atoms with Crippen LogP contribution in [0.4, 0.5) is 0 Å². The molecule has 3 rings (SSSR count). The fourth-order valence-corrected chi connectivity index (χ4v) is 2.48. The third kappa shape index (κ3) is 2.69. The van der Waals surface area contributed by atoms with E-state index in [1.165, 1.54) is 31.9 Å². The number of hydrogen-bond acceptors (Lipinski definition) is 4. The van der Waals surface area contributed by atoms with E-state index < -0.39 is 5.97 Å². The normalized spacial score (nSPS) is 19.4. The second-order valence-electron chi connectivity index (χ2n) is 5.33. The molecule has 0 bridgehead atoms. The van der Waals surface area contributed by atoms with Gasteiger partial charge in [0.1, 0.15) is 0 Å². The molecular formula is C12H18N4O2. The summed E-state index contributed by atoms with van der Waals surface area (Å²) in [7, 11) is 0. The van der Waals surface area contributed by atoms with Crippen molar-refractivity contribution in [2.75, 3.05) is 6.54 Å². The zero-order chi connectivity index (χ0) is 12.5. The first kappa shape index (κ1) is 11.6. The van der Waals surface area contributed by atoms with Crippen molar-refractivity contribution in [3.63, 3.8) is 0 Å². The van der Waals surface area contributed by atoms with E-state index in [-0.39, 0.29) is 5.69 Å². The van der Waals surface area contributed by atoms with Crippen molar-refractivity contribution in [3.8, 4) is 0 Å². The number of carboxylic acid groups (broad SMARTS) is 1. The van der Waals surface area contributed by atoms with Crippen LogP contribution in [0.1, 0.15) is 36.2 Å². The van der Waals surface area contributed by atoms with Crippen molar-refractivity contribution in [1.82, 2.24) is 20.3 Å². The van der Waals surface area contributed by atoms with Gasteiger partial charge in [0, 0.05) is 12.6 Å². The molecule has 2 aliphatic rings. The van der Waals surface area contributed by atoms with Crippen molar-refractivity contribution in [3.05, 3.63) is 11.9 Å². The summed E-state index contributed by atoms with van der Waals surface area (Å²) >= 11 is 0. The topological polar surface area (TPSA) is 80.0 Å². The van der Waals surface area contributed by atoms with E-state index >= 15 is 0 Å². The summed E-state index contributed by atoms with van der Waals surface area (Å²) in [5.74, 6) is 0.730. The van der Waals surface area contributed by atoms with Gasteiger partial charge < -0.3 is 10.4 Å². The highest BCUT2D eigenvalue weighted by Gasteiger charge is 2.40. The Morgan fingerprint density at radius 1 is 1.44 bits per heavy atom. The number of nitrogens with zero attached hydrogens (tertiary/aromatic N) is 3. The lowest BCUT2D eigenvalue weighted by molar-refractivity contribution is 0.0690. The fourth-order valence-electron chi connectivity index (χ4n) is 2.48. The maximum atomic E-state index is 10.7. The van der Waals surface area contributed by atoms with Gasteiger partial charge in [-0.3, -0.25) is 4.68 Å². The Kier molecular flexibility index (Phi) is 3.03. The van der Waals surface area contributed by atoms with Crippen LogP contribution in [-0.4, -0.2) is 38.7 Å². The SMILES string of the molecule is O=C(O)c1cn(CCNC(C2CC2)C2CC2)nn1. The molecule has 0 atom stereocenters. The van der Waals surface area contributed by atoms with E-state index in [2.05, 4.69) is 15.6 Å². The highest BCUT2D eigenvalue weighted by Crippen LogP contribution is 2.44. The molecule has 0 amide bonds. The van der Waals surface area contributed by atoms with Gasteiger partial charge in [-0.1, -0.05) is 5.21 Å². The van der Waals surface area contributed by atoms with Crippen LogP contribution in [0, 0.1) is 11.8 Å². The molecule has 18 heavy (non-hydrogen) atoms. The Bertz CT molecular complexity index is 425. The molecule has 0 radical (unpaired) electrons. The maximum Gasteiger partial charge on any atom is 0.358 e. The summed E-state index contributed by atoms with van der Waals surface area (Å²) in [6, 6.07) is 0.674. The number of hydrogen-bond donors (Lipinski definition) is 2. The van der Waals surface area contributed by atoms with E-state index in [1.807, 2.05) is 0 Å². The largest absolute Gasteiger partial charge is 0.476 e. The lowest BCUT2D eigenvalue weighted by Crippen LogP contribution is -2.35. The number of aromatic carboxylic acids is 1. The van der Waals surface area contributed by atoms with Crippen molar-refractivity contribution < 1.29 is 9.90 Å². The Balaban J connectivity index is 1.46. The quantitative estimate of drug-likeness (QED) is 0.746. The van der Waals surface area contributed by atoms with Crippen LogP contribution in [0.2, 0.25) is 0 Å². The van der Waals surface area contributed by atoms with Crippen LogP contribution in [-0.2, 0) is 6.54 Å². The molecule has 2 N–H and O–H groups in total. The minimum atomic E-state index is -1.02. The molecule has 2 aliphatic carbocycles. The third-order valence-corrected chi connectivity index (χ3v) is 3.74. The molecule has 6 heteroatoms. The Hall–Kier alpha value is -1.43. The molecule has 1 aromatic heterocycles. The maximum absolute atomic E-state index is 10.7. The Labute approximate surface area is 105 Å². The Morgan fingerprint density at radius 2 is 2.11 bits per heavy atom. The first-order valence-corrected chi connectivity index (χ1v) is 6.61. The lowest BCUT2D eigenvalue weighted by atomic mass is 10.1. The van der Waals surface area contributed by atoms with Gasteiger partial charge in [0.2, 0.25) is 0 Å². The average molecular weight is 250 g/mol. The Morgan fingerprint density at radius 3 is 2.61 bits per heavy atom. The molecule has 1 aromatic rings. The summed E-state index contributed by atoms with van der Waals surface area (Å²) in [5.41, 5.74) is 0.0101. The van der Waals surface area contributed by atoms with Crippen LogP contribution in [0.25, 0.3) is 0 Å². The van der Waals surface area contributed by atoms with Gasteiger partial charge in [-0.25, -0.2) is 4.79 Å². The monoisotopic (exact) mass is 250 g/mol. The second-order valence-corrected chi connectivity index (χ2v) is 5.33. The first-order valence-electron chi connectivity index (χ1n) is 6.61. The number of carbonyl (C=O) groups is 1.